The van der Waals surface area contributed by atoms with Crippen LogP contribution in [0.4, 0.5) is 0 Å². The Kier molecular flexibility index (Phi) is 7.16. The second-order valence-electron chi connectivity index (χ2n) is 3.74. The molecule has 0 unspecified atom stereocenters. The lowest BCUT2D eigenvalue weighted by atomic mass is 10.3. The molecular formula is C10H22N2O3S. The van der Waals surface area contributed by atoms with Crippen LogP contribution in [0.3, 0.4) is 0 Å². The maximum atomic E-state index is 9.19. The van der Waals surface area contributed by atoms with Gasteiger partial charge in [0.25, 0.3) is 10.1 Å². The van der Waals surface area contributed by atoms with Crippen LogP contribution < -0.4 is 0 Å². The Morgan fingerprint density at radius 3 is 2.12 bits per heavy atom. The van der Waals surface area contributed by atoms with E-state index < -0.39 is 10.1 Å². The molecule has 0 aromatic heterocycles. The van der Waals surface area contributed by atoms with Gasteiger partial charge in [-0.25, -0.2) is 0 Å². The zero-order chi connectivity index (χ0) is 12.6. The van der Waals surface area contributed by atoms with Gasteiger partial charge in [-0.3, -0.25) is 4.55 Å². The summed E-state index contributed by atoms with van der Waals surface area (Å²) in [6.45, 7) is 7.85. The molecule has 0 spiro atoms. The van der Waals surface area contributed by atoms with Crippen LogP contribution in [0, 0.1) is 0 Å². The molecule has 0 amide bonds. The Labute approximate surface area is 98.5 Å². The highest BCUT2D eigenvalue weighted by atomic mass is 32.2. The number of hydrogen-bond acceptors (Lipinski definition) is 4. The fourth-order valence-corrected chi connectivity index (χ4v) is 1.23. The first-order valence-electron chi connectivity index (χ1n) is 5.45. The Bertz CT molecular complexity index is 293. The minimum absolute atomic E-state index is 0.715. The first-order valence-corrected chi connectivity index (χ1v) is 7.30. The van der Waals surface area contributed by atoms with Gasteiger partial charge in [0.2, 0.25) is 0 Å². The first-order chi connectivity index (χ1) is 7.36. The van der Waals surface area contributed by atoms with Gasteiger partial charge < -0.3 is 9.80 Å². The van der Waals surface area contributed by atoms with Crippen molar-refractivity contribution in [3.63, 3.8) is 0 Å². The summed E-state index contributed by atoms with van der Waals surface area (Å²) < 4.78 is 25.9. The molecule has 0 aliphatic carbocycles. The molecule has 0 radical (unpaired) electrons. The number of unbranched alkanes of at least 4 members (excludes halogenated alkanes) is 1. The van der Waals surface area contributed by atoms with Crippen LogP contribution in [0.25, 0.3) is 0 Å². The summed E-state index contributed by atoms with van der Waals surface area (Å²) in [7, 11) is -3.67. The molecule has 0 fully saturated rings. The maximum Gasteiger partial charge on any atom is 0.261 e. The van der Waals surface area contributed by atoms with Crippen molar-refractivity contribution in [1.29, 1.82) is 0 Å². The van der Waals surface area contributed by atoms with Gasteiger partial charge in [0, 0.05) is 25.5 Å². The highest BCUT2D eigenvalue weighted by Gasteiger charge is 2.08. The Morgan fingerprint density at radius 2 is 1.75 bits per heavy atom. The molecular weight excluding hydrogens is 228 g/mol. The average molecular weight is 250 g/mol. The molecule has 0 aromatic carbocycles. The van der Waals surface area contributed by atoms with E-state index in [0.29, 0.717) is 6.26 Å². The summed E-state index contributed by atoms with van der Waals surface area (Å²) in [6.07, 6.45) is 7.68. The van der Waals surface area contributed by atoms with E-state index in [9.17, 15) is 8.42 Å². The average Bonchev–Trinajstić information content (AvgIpc) is 2.59. The smallest absolute Gasteiger partial charge is 0.261 e. The normalized spacial score (nSPS) is 15.0. The van der Waals surface area contributed by atoms with Gasteiger partial charge in [0.15, 0.2) is 0 Å². The van der Waals surface area contributed by atoms with Crippen molar-refractivity contribution in [3.8, 4) is 0 Å². The van der Waals surface area contributed by atoms with Crippen molar-refractivity contribution in [2.75, 3.05) is 26.0 Å². The van der Waals surface area contributed by atoms with E-state index in [-0.39, 0.29) is 0 Å². The van der Waals surface area contributed by atoms with Crippen LogP contribution in [0.15, 0.2) is 12.4 Å². The zero-order valence-electron chi connectivity index (χ0n) is 10.3. The lowest BCUT2D eigenvalue weighted by molar-refractivity contribution is 0.270. The first kappa shape index (κ1) is 15.2. The van der Waals surface area contributed by atoms with Crippen molar-refractivity contribution >= 4 is 10.1 Å². The predicted octanol–water partition coefficient (Wildman–Crippen LogP) is 1.36. The monoisotopic (exact) mass is 250 g/mol. The van der Waals surface area contributed by atoms with Gasteiger partial charge in [-0.15, -0.1) is 0 Å². The molecule has 16 heavy (non-hydrogen) atoms. The van der Waals surface area contributed by atoms with Gasteiger partial charge in [0.1, 0.15) is 0 Å². The van der Waals surface area contributed by atoms with Crippen molar-refractivity contribution in [3.05, 3.63) is 12.4 Å². The summed E-state index contributed by atoms with van der Waals surface area (Å²) >= 11 is 0. The summed E-state index contributed by atoms with van der Waals surface area (Å²) in [5.74, 6) is 0. The van der Waals surface area contributed by atoms with E-state index in [1.165, 1.54) is 19.4 Å². The lowest BCUT2D eigenvalue weighted by Crippen LogP contribution is -2.25. The molecule has 1 rings (SSSR count). The topological polar surface area (TPSA) is 60.9 Å². The van der Waals surface area contributed by atoms with E-state index in [1.807, 2.05) is 0 Å². The van der Waals surface area contributed by atoms with E-state index in [2.05, 4.69) is 36.0 Å². The van der Waals surface area contributed by atoms with E-state index in [0.717, 1.165) is 13.2 Å². The van der Waals surface area contributed by atoms with E-state index in [1.54, 1.807) is 0 Å². The highest BCUT2D eigenvalue weighted by Crippen LogP contribution is 2.06. The largest absolute Gasteiger partial charge is 0.359 e. The summed E-state index contributed by atoms with van der Waals surface area (Å²) in [5, 5.41) is 0. The van der Waals surface area contributed by atoms with Crippen LogP contribution in [0.1, 0.15) is 26.7 Å². The molecule has 1 N–H and O–H groups in total. The minimum Gasteiger partial charge on any atom is -0.359 e. The second-order valence-corrected chi connectivity index (χ2v) is 5.21. The Balaban J connectivity index is 0.000000385. The van der Waals surface area contributed by atoms with Crippen molar-refractivity contribution in [2.24, 2.45) is 0 Å². The van der Waals surface area contributed by atoms with Crippen LogP contribution in [0.2, 0.25) is 0 Å². The van der Waals surface area contributed by atoms with Crippen LogP contribution in [0.5, 0.6) is 0 Å². The van der Waals surface area contributed by atoms with Crippen molar-refractivity contribution in [2.45, 2.75) is 26.7 Å². The van der Waals surface area contributed by atoms with Gasteiger partial charge in [-0.05, 0) is 13.3 Å². The molecule has 0 saturated heterocycles. The van der Waals surface area contributed by atoms with Crippen LogP contribution in [-0.4, -0.2) is 48.8 Å². The molecule has 1 heterocycles. The second kappa shape index (κ2) is 7.51. The van der Waals surface area contributed by atoms with E-state index in [4.69, 9.17) is 4.55 Å². The van der Waals surface area contributed by atoms with Gasteiger partial charge in [0.05, 0.1) is 12.9 Å². The molecule has 0 bridgehead atoms. The Hall–Kier alpha value is -0.750. The van der Waals surface area contributed by atoms with Gasteiger partial charge in [-0.2, -0.15) is 8.42 Å². The summed E-state index contributed by atoms with van der Waals surface area (Å²) in [5.41, 5.74) is 0. The SMILES string of the molecule is CCCCN1C=CN(CC)C1.CS(=O)(=O)O. The van der Waals surface area contributed by atoms with Gasteiger partial charge >= 0.3 is 0 Å². The minimum atomic E-state index is -3.67. The Morgan fingerprint density at radius 1 is 1.25 bits per heavy atom. The van der Waals surface area contributed by atoms with Crippen molar-refractivity contribution < 1.29 is 13.0 Å². The standard InChI is InChI=1S/C9H18N2.CH4O3S/c1-3-5-6-11-8-7-10(4-2)9-11;1-5(2,3)4/h7-8H,3-6,9H2,1-2H3;1H3,(H,2,3,4). The summed E-state index contributed by atoms with van der Waals surface area (Å²) in [4.78, 5) is 4.68. The molecule has 6 heteroatoms. The third-order valence-corrected chi connectivity index (χ3v) is 2.06. The molecule has 96 valence electrons. The molecule has 0 aromatic rings. The number of hydrogen-bond donors (Lipinski definition) is 1. The summed E-state index contributed by atoms with van der Waals surface area (Å²) in [6, 6.07) is 0. The number of rotatable bonds is 4. The zero-order valence-corrected chi connectivity index (χ0v) is 11.1. The number of nitrogens with zero attached hydrogens (tertiary/aromatic N) is 2. The third-order valence-electron chi connectivity index (χ3n) is 2.06. The van der Waals surface area contributed by atoms with Crippen LogP contribution >= 0.6 is 0 Å². The molecule has 5 nitrogen and oxygen atoms in total. The predicted molar refractivity (Wildman–Crippen MR) is 65.5 cm³/mol. The van der Waals surface area contributed by atoms with Crippen LogP contribution in [-0.2, 0) is 10.1 Å². The molecule has 0 atom stereocenters. The molecule has 1 aliphatic heterocycles. The molecule has 0 saturated carbocycles. The van der Waals surface area contributed by atoms with E-state index >= 15 is 0 Å². The maximum absolute atomic E-state index is 9.19. The third kappa shape index (κ3) is 9.79. The van der Waals surface area contributed by atoms with Crippen molar-refractivity contribution in [1.82, 2.24) is 9.80 Å². The quantitative estimate of drug-likeness (QED) is 0.763. The fourth-order valence-electron chi connectivity index (χ4n) is 1.23. The molecule has 1 aliphatic rings. The highest BCUT2D eigenvalue weighted by molar-refractivity contribution is 7.85. The fraction of sp³-hybridized carbons (Fsp3) is 0.800. The van der Waals surface area contributed by atoms with Gasteiger partial charge in [-0.1, -0.05) is 13.3 Å². The lowest BCUT2D eigenvalue weighted by Gasteiger charge is -2.19.